The molecule has 0 atom stereocenters. The molecule has 0 aliphatic heterocycles. The van der Waals surface area contributed by atoms with Crippen molar-refractivity contribution in [2.75, 3.05) is 0 Å². The first kappa shape index (κ1) is 9.42. The molecular weight excluding hydrogens is 67.0 g/mol. The molecule has 0 aliphatic rings. The van der Waals surface area contributed by atoms with Crippen molar-refractivity contribution in [3.8, 4) is 0 Å². The van der Waals surface area contributed by atoms with Crippen molar-refractivity contribution in [3.05, 3.63) is 24.8 Å². The fourth-order valence-corrected chi connectivity index (χ4v) is 0.118. The minimum absolute atomic E-state index is 0. The zero-order valence-corrected chi connectivity index (χ0v) is 4.36. The summed E-state index contributed by atoms with van der Waals surface area (Å²) in [7, 11) is 0. The maximum absolute atomic E-state index is 3.43. The average molecular weight is 74.1 g/mol. The van der Waals surface area contributed by atoms with Gasteiger partial charge >= 0.3 is 18.9 Å². The first-order valence-corrected chi connectivity index (χ1v) is 1.53. The van der Waals surface area contributed by atoms with Gasteiger partial charge in [-0.2, -0.15) is 6.58 Å². The quantitative estimate of drug-likeness (QED) is 0.203. The third-order valence-corrected chi connectivity index (χ3v) is 0.285. The largest absolute Gasteiger partial charge is 1.00 e. The van der Waals surface area contributed by atoms with Crippen LogP contribution in [0.4, 0.5) is 0 Å². The Bertz CT molecular complexity index is 45.9. The third-order valence-electron chi connectivity index (χ3n) is 0.285. The molecule has 0 rings (SSSR count). The monoisotopic (exact) mass is 74.1 g/mol. The summed E-state index contributed by atoms with van der Waals surface area (Å²) in [4.78, 5) is 0. The molecule has 28 valence electrons. The van der Waals surface area contributed by atoms with Gasteiger partial charge in [0.25, 0.3) is 0 Å². The normalized spacial score (nSPS) is 7.50. The SMILES string of the molecule is C=CC=[C-]C.[Li+]. The molecule has 0 saturated carbocycles. The molecule has 6 heavy (non-hydrogen) atoms. The maximum Gasteiger partial charge on any atom is 1.00 e. The van der Waals surface area contributed by atoms with E-state index in [1.807, 2.05) is 6.92 Å². The second kappa shape index (κ2) is 8.91. The fraction of sp³-hybridized carbons (Fsp3) is 0.200. The van der Waals surface area contributed by atoms with Crippen molar-refractivity contribution in [2.45, 2.75) is 6.92 Å². The van der Waals surface area contributed by atoms with E-state index in [4.69, 9.17) is 0 Å². The van der Waals surface area contributed by atoms with Crippen LogP contribution in [0.5, 0.6) is 0 Å². The van der Waals surface area contributed by atoms with Gasteiger partial charge in [-0.3, -0.25) is 6.08 Å². The zero-order chi connectivity index (χ0) is 4.12. The van der Waals surface area contributed by atoms with Crippen molar-refractivity contribution in [1.82, 2.24) is 0 Å². The van der Waals surface area contributed by atoms with Crippen LogP contribution in [0.15, 0.2) is 18.7 Å². The molecule has 0 fully saturated rings. The van der Waals surface area contributed by atoms with Gasteiger partial charge in [-0.15, -0.1) is 6.92 Å². The van der Waals surface area contributed by atoms with Crippen LogP contribution in [0, 0.1) is 6.08 Å². The van der Waals surface area contributed by atoms with Crippen molar-refractivity contribution in [3.63, 3.8) is 0 Å². The molecule has 0 aromatic heterocycles. The molecule has 0 nitrogen and oxygen atoms in total. The van der Waals surface area contributed by atoms with Crippen LogP contribution in [-0.4, -0.2) is 0 Å². The predicted octanol–water partition coefficient (Wildman–Crippen LogP) is -1.44. The molecule has 0 amide bonds. The summed E-state index contributed by atoms with van der Waals surface area (Å²) in [5.74, 6) is 0. The Morgan fingerprint density at radius 2 is 2.17 bits per heavy atom. The van der Waals surface area contributed by atoms with Crippen LogP contribution < -0.4 is 18.9 Å². The van der Waals surface area contributed by atoms with Crippen LogP contribution >= 0.6 is 0 Å². The summed E-state index contributed by atoms with van der Waals surface area (Å²) in [6.07, 6.45) is 6.23. The van der Waals surface area contributed by atoms with Crippen molar-refractivity contribution < 1.29 is 18.9 Å². The Hall–Kier alpha value is 0.0774. The summed E-state index contributed by atoms with van der Waals surface area (Å²) >= 11 is 0. The number of hydrogen-bond acceptors (Lipinski definition) is 0. The molecule has 0 aliphatic carbocycles. The van der Waals surface area contributed by atoms with Crippen LogP contribution in [0.25, 0.3) is 0 Å². The Morgan fingerprint density at radius 3 is 2.17 bits per heavy atom. The minimum atomic E-state index is 0. The van der Waals surface area contributed by atoms with E-state index in [1.165, 1.54) is 0 Å². The number of rotatable bonds is 1. The molecule has 0 saturated heterocycles. The van der Waals surface area contributed by atoms with E-state index in [9.17, 15) is 0 Å². The molecule has 0 spiro atoms. The maximum atomic E-state index is 3.43. The minimum Gasteiger partial charge on any atom is -0.279 e. The Balaban J connectivity index is 0. The van der Waals surface area contributed by atoms with Gasteiger partial charge < -0.3 is 0 Å². The van der Waals surface area contributed by atoms with Gasteiger partial charge in [0, 0.05) is 0 Å². The summed E-state index contributed by atoms with van der Waals surface area (Å²) in [6.45, 7) is 5.27. The Kier molecular flexibility index (Phi) is 14.0. The van der Waals surface area contributed by atoms with Gasteiger partial charge in [-0.25, -0.2) is 12.2 Å². The molecule has 0 radical (unpaired) electrons. The standard InChI is InChI=1S/C5H7.Li/c1-3-5-4-2;/h3,5H,1H2,2H3;/q-1;+1. The fourth-order valence-electron chi connectivity index (χ4n) is 0.118. The van der Waals surface area contributed by atoms with E-state index in [2.05, 4.69) is 12.7 Å². The molecule has 0 unspecified atom stereocenters. The summed E-state index contributed by atoms with van der Waals surface area (Å²) in [5, 5.41) is 0. The van der Waals surface area contributed by atoms with E-state index < -0.39 is 0 Å². The van der Waals surface area contributed by atoms with Gasteiger partial charge in [0.05, 0.1) is 0 Å². The zero-order valence-electron chi connectivity index (χ0n) is 4.36. The molecule has 0 N–H and O–H groups in total. The molecule has 0 bridgehead atoms. The topological polar surface area (TPSA) is 0 Å². The van der Waals surface area contributed by atoms with Crippen molar-refractivity contribution >= 4 is 0 Å². The van der Waals surface area contributed by atoms with Gasteiger partial charge in [-0.05, 0) is 0 Å². The Morgan fingerprint density at radius 1 is 1.67 bits per heavy atom. The van der Waals surface area contributed by atoms with E-state index in [0.29, 0.717) is 0 Å². The number of allylic oxidation sites excluding steroid dienone is 3. The summed E-state index contributed by atoms with van der Waals surface area (Å²) in [6, 6.07) is 0. The van der Waals surface area contributed by atoms with Gasteiger partial charge in [0.2, 0.25) is 0 Å². The second-order valence-corrected chi connectivity index (χ2v) is 0.691. The van der Waals surface area contributed by atoms with Gasteiger partial charge in [0.1, 0.15) is 0 Å². The van der Waals surface area contributed by atoms with Gasteiger partial charge in [-0.1, -0.05) is 0 Å². The average Bonchev–Trinajstić information content (AvgIpc) is 1.41. The van der Waals surface area contributed by atoms with Crippen molar-refractivity contribution in [2.24, 2.45) is 0 Å². The van der Waals surface area contributed by atoms with Crippen LogP contribution in [-0.2, 0) is 0 Å². The van der Waals surface area contributed by atoms with Gasteiger partial charge in [0.15, 0.2) is 0 Å². The van der Waals surface area contributed by atoms with Crippen LogP contribution in [0.3, 0.4) is 0 Å². The van der Waals surface area contributed by atoms with Crippen LogP contribution in [0.1, 0.15) is 6.92 Å². The molecule has 1 heteroatoms. The second-order valence-electron chi connectivity index (χ2n) is 0.691. The van der Waals surface area contributed by atoms with Crippen LogP contribution in [0.2, 0.25) is 0 Å². The Labute approximate surface area is 51.1 Å². The third kappa shape index (κ3) is 8.95. The first-order chi connectivity index (χ1) is 2.41. The first-order valence-electron chi connectivity index (χ1n) is 1.53. The predicted molar refractivity (Wildman–Crippen MR) is 23.7 cm³/mol. The summed E-state index contributed by atoms with van der Waals surface area (Å²) in [5.41, 5.74) is 0. The van der Waals surface area contributed by atoms with Crippen molar-refractivity contribution in [1.29, 1.82) is 0 Å². The van der Waals surface area contributed by atoms with E-state index in [-0.39, 0.29) is 18.9 Å². The molecule has 0 aromatic carbocycles. The molecular formula is C5H7Li. The van der Waals surface area contributed by atoms with E-state index in [0.717, 1.165) is 0 Å². The van der Waals surface area contributed by atoms with E-state index in [1.54, 1.807) is 12.2 Å². The summed E-state index contributed by atoms with van der Waals surface area (Å²) < 4.78 is 0. The smallest absolute Gasteiger partial charge is 0.279 e. The number of hydrogen-bond donors (Lipinski definition) is 0. The molecule has 0 heterocycles. The van der Waals surface area contributed by atoms with E-state index >= 15 is 0 Å². The molecule has 0 aromatic rings.